The van der Waals surface area contributed by atoms with Crippen molar-refractivity contribution in [1.82, 2.24) is 5.32 Å². The molecule has 0 fully saturated rings. The standard InChI is InChI=1S/C11H20N3O10P/c1-6(18)14-9(4-17)11(23-7(2-15)3-16)24-25(20,21)22-5-8(12)10(13)19/h2,4,7-9,11,16H,3,5,12H2,1H3,(H2,13,19)(H,14,18)(H,20,21)/t7?,8?,9?,11-/m1/s1. The lowest BCUT2D eigenvalue weighted by Crippen LogP contribution is -2.48. The van der Waals surface area contributed by atoms with Crippen LogP contribution in [0.3, 0.4) is 0 Å². The van der Waals surface area contributed by atoms with Gasteiger partial charge < -0.3 is 41.1 Å². The number of aliphatic hydroxyl groups is 1. The number of phosphoric ester groups is 1. The van der Waals surface area contributed by atoms with E-state index >= 15 is 0 Å². The Bertz CT molecular complexity index is 530. The predicted molar refractivity (Wildman–Crippen MR) is 79.5 cm³/mol. The summed E-state index contributed by atoms with van der Waals surface area (Å²) in [4.78, 5) is 53.2. The van der Waals surface area contributed by atoms with Gasteiger partial charge in [-0.25, -0.2) is 4.57 Å². The molecule has 13 nitrogen and oxygen atoms in total. The topological polar surface area (TPSA) is 218 Å². The molecule has 0 saturated carbocycles. The number of hydrogen-bond acceptors (Lipinski definition) is 10. The smallest absolute Gasteiger partial charge is 0.393 e. The molecule has 0 aromatic rings. The van der Waals surface area contributed by atoms with Gasteiger partial charge in [-0.15, -0.1) is 0 Å². The third kappa shape index (κ3) is 9.36. The zero-order chi connectivity index (χ0) is 19.6. The fourth-order valence-electron chi connectivity index (χ4n) is 1.28. The average Bonchev–Trinajstić information content (AvgIpc) is 2.53. The van der Waals surface area contributed by atoms with Crippen molar-refractivity contribution in [2.45, 2.75) is 31.4 Å². The zero-order valence-corrected chi connectivity index (χ0v) is 14.0. The molecule has 0 aliphatic heterocycles. The first kappa shape index (κ1) is 23.3. The van der Waals surface area contributed by atoms with Crippen molar-refractivity contribution >= 4 is 32.2 Å². The summed E-state index contributed by atoms with van der Waals surface area (Å²) < 4.78 is 25.8. The number of rotatable bonds is 13. The SMILES string of the molecule is CC(=O)NC(C=O)[C@H](OC(C=O)CO)OP(=O)(O)OCC(N)C(N)=O. The molecule has 2 amide bonds. The molecule has 0 bridgehead atoms. The number of carbonyl (C=O) groups is 4. The van der Waals surface area contributed by atoms with Crippen molar-refractivity contribution < 1.29 is 47.5 Å². The fourth-order valence-corrected chi connectivity index (χ4v) is 2.14. The van der Waals surface area contributed by atoms with Crippen LogP contribution in [0.15, 0.2) is 0 Å². The fraction of sp³-hybridized carbons (Fsp3) is 0.636. The van der Waals surface area contributed by atoms with Crippen molar-refractivity contribution in [3.8, 4) is 0 Å². The monoisotopic (exact) mass is 385 g/mol. The molecule has 0 aromatic carbocycles. The van der Waals surface area contributed by atoms with Gasteiger partial charge in [0.1, 0.15) is 24.5 Å². The second kappa shape index (κ2) is 11.0. The molecule has 0 rings (SSSR count). The number of carbonyl (C=O) groups excluding carboxylic acids is 4. The molecule has 0 heterocycles. The summed E-state index contributed by atoms with van der Waals surface area (Å²) in [7, 11) is -4.95. The molecule has 144 valence electrons. The lowest BCUT2D eigenvalue weighted by Gasteiger charge is -2.27. The Balaban J connectivity index is 5.20. The number of phosphoric acid groups is 1. The summed E-state index contributed by atoms with van der Waals surface area (Å²) >= 11 is 0. The number of aliphatic hydroxyl groups excluding tert-OH is 1. The first-order valence-corrected chi connectivity index (χ1v) is 8.20. The van der Waals surface area contributed by atoms with Crippen LogP contribution in [0.25, 0.3) is 0 Å². The van der Waals surface area contributed by atoms with Gasteiger partial charge in [0.2, 0.25) is 11.8 Å². The van der Waals surface area contributed by atoms with Gasteiger partial charge in [-0.2, -0.15) is 0 Å². The number of hydrogen-bond donors (Lipinski definition) is 5. The Morgan fingerprint density at radius 3 is 2.32 bits per heavy atom. The van der Waals surface area contributed by atoms with E-state index in [1.165, 1.54) is 0 Å². The second-order valence-electron chi connectivity index (χ2n) is 4.60. The Labute approximate surface area is 142 Å². The molecule has 0 spiro atoms. The summed E-state index contributed by atoms with van der Waals surface area (Å²) in [6, 6.07) is -3.03. The predicted octanol–water partition coefficient (Wildman–Crippen LogP) is -3.46. The lowest BCUT2D eigenvalue weighted by atomic mass is 10.3. The molecule has 14 heteroatoms. The Hall–Kier alpha value is -1.73. The maximum absolute atomic E-state index is 11.9. The first-order valence-electron chi connectivity index (χ1n) is 6.71. The van der Waals surface area contributed by atoms with Gasteiger partial charge in [0.25, 0.3) is 0 Å². The van der Waals surface area contributed by atoms with Crippen LogP contribution in [0.4, 0.5) is 0 Å². The summed E-state index contributed by atoms with van der Waals surface area (Å²) in [6.07, 6.45) is -3.24. The maximum atomic E-state index is 11.9. The Kier molecular flexibility index (Phi) is 10.2. The summed E-state index contributed by atoms with van der Waals surface area (Å²) in [5.74, 6) is -1.73. The molecule has 0 aliphatic rings. The molecule has 0 radical (unpaired) electrons. The van der Waals surface area contributed by atoms with Gasteiger partial charge in [-0.1, -0.05) is 0 Å². The third-order valence-corrected chi connectivity index (χ3v) is 3.42. The number of nitrogens with one attached hydrogen (secondary N) is 1. The molecular weight excluding hydrogens is 365 g/mol. The molecule has 4 unspecified atom stereocenters. The Morgan fingerprint density at radius 1 is 1.32 bits per heavy atom. The van der Waals surface area contributed by atoms with Crippen LogP contribution >= 0.6 is 7.82 Å². The van der Waals surface area contributed by atoms with E-state index in [0.29, 0.717) is 0 Å². The first-order chi connectivity index (χ1) is 11.6. The van der Waals surface area contributed by atoms with E-state index in [9.17, 15) is 28.6 Å². The van der Waals surface area contributed by atoms with Crippen LogP contribution in [-0.2, 0) is 37.5 Å². The molecule has 0 saturated heterocycles. The highest BCUT2D eigenvalue weighted by atomic mass is 31.2. The lowest BCUT2D eigenvalue weighted by molar-refractivity contribution is -0.165. The van der Waals surface area contributed by atoms with Crippen molar-refractivity contribution in [2.75, 3.05) is 13.2 Å². The van der Waals surface area contributed by atoms with Crippen molar-refractivity contribution in [1.29, 1.82) is 0 Å². The van der Waals surface area contributed by atoms with Gasteiger partial charge in [-0.3, -0.25) is 18.6 Å². The normalized spacial score (nSPS) is 18.2. The van der Waals surface area contributed by atoms with E-state index in [2.05, 4.69) is 9.05 Å². The molecule has 5 atom stereocenters. The van der Waals surface area contributed by atoms with Gasteiger partial charge in [0.05, 0.1) is 13.2 Å². The van der Waals surface area contributed by atoms with Crippen LogP contribution in [0.2, 0.25) is 0 Å². The third-order valence-electron chi connectivity index (χ3n) is 2.47. The van der Waals surface area contributed by atoms with Gasteiger partial charge in [0.15, 0.2) is 12.6 Å². The number of aldehydes is 2. The summed E-state index contributed by atoms with van der Waals surface area (Å²) in [6.45, 7) is -0.589. The highest BCUT2D eigenvalue weighted by Crippen LogP contribution is 2.45. The highest BCUT2D eigenvalue weighted by molar-refractivity contribution is 7.47. The van der Waals surface area contributed by atoms with Gasteiger partial charge in [-0.05, 0) is 0 Å². The molecule has 0 aromatic heterocycles. The van der Waals surface area contributed by atoms with Crippen molar-refractivity contribution in [2.24, 2.45) is 11.5 Å². The molecule has 0 aliphatic carbocycles. The van der Waals surface area contributed by atoms with E-state index in [-0.39, 0.29) is 12.6 Å². The largest absolute Gasteiger partial charge is 0.474 e. The minimum Gasteiger partial charge on any atom is -0.393 e. The molecule has 7 N–H and O–H groups in total. The molecule has 25 heavy (non-hydrogen) atoms. The minimum atomic E-state index is -4.95. The van der Waals surface area contributed by atoms with E-state index in [1.807, 2.05) is 5.32 Å². The van der Waals surface area contributed by atoms with Crippen LogP contribution in [0.1, 0.15) is 6.92 Å². The number of amides is 2. The zero-order valence-electron chi connectivity index (χ0n) is 13.1. The quantitative estimate of drug-likeness (QED) is 0.119. The number of nitrogens with two attached hydrogens (primary N) is 2. The van der Waals surface area contributed by atoms with Gasteiger partial charge in [0, 0.05) is 6.92 Å². The van der Waals surface area contributed by atoms with E-state index < -0.39 is 57.3 Å². The molecular formula is C11H20N3O10P. The number of primary amides is 1. The summed E-state index contributed by atoms with van der Waals surface area (Å²) in [5.41, 5.74) is 10.1. The van der Waals surface area contributed by atoms with E-state index in [0.717, 1.165) is 6.92 Å². The second-order valence-corrected chi connectivity index (χ2v) is 6.01. The van der Waals surface area contributed by atoms with Crippen LogP contribution in [0.5, 0.6) is 0 Å². The van der Waals surface area contributed by atoms with E-state index in [1.54, 1.807) is 0 Å². The minimum absolute atomic E-state index is 0.112. The highest BCUT2D eigenvalue weighted by Gasteiger charge is 2.35. The number of ether oxygens (including phenoxy) is 1. The van der Waals surface area contributed by atoms with Crippen molar-refractivity contribution in [3.05, 3.63) is 0 Å². The maximum Gasteiger partial charge on any atom is 0.474 e. The van der Waals surface area contributed by atoms with Crippen LogP contribution in [-0.4, -0.2) is 72.1 Å². The van der Waals surface area contributed by atoms with Gasteiger partial charge >= 0.3 is 7.82 Å². The van der Waals surface area contributed by atoms with Crippen molar-refractivity contribution in [3.63, 3.8) is 0 Å². The van der Waals surface area contributed by atoms with E-state index in [4.69, 9.17) is 21.3 Å². The van der Waals surface area contributed by atoms with Crippen LogP contribution in [0, 0.1) is 0 Å². The average molecular weight is 385 g/mol. The Morgan fingerprint density at radius 2 is 1.92 bits per heavy atom. The van der Waals surface area contributed by atoms with Crippen LogP contribution < -0.4 is 16.8 Å². The summed E-state index contributed by atoms with van der Waals surface area (Å²) in [5, 5.41) is 11.0.